The van der Waals surface area contributed by atoms with E-state index in [0.29, 0.717) is 11.1 Å². The van der Waals surface area contributed by atoms with Crippen LogP contribution in [0, 0.1) is 17.5 Å². The molecule has 0 bridgehead atoms. The van der Waals surface area contributed by atoms with Crippen LogP contribution in [0.5, 0.6) is 0 Å². The van der Waals surface area contributed by atoms with Crippen LogP contribution in [0.25, 0.3) is 11.1 Å². The Morgan fingerprint density at radius 2 is 1.18 bits per heavy atom. The van der Waals surface area contributed by atoms with Crippen molar-refractivity contribution in [1.82, 2.24) is 0 Å². The molecule has 0 nitrogen and oxygen atoms in total. The van der Waals surface area contributed by atoms with Crippen molar-refractivity contribution < 1.29 is 13.2 Å². The zero-order valence-electron chi connectivity index (χ0n) is 9.68. The van der Waals surface area contributed by atoms with Gasteiger partial charge < -0.3 is 0 Å². The second-order valence-corrected chi connectivity index (χ2v) is 3.17. The van der Waals surface area contributed by atoms with E-state index in [1.54, 1.807) is 6.07 Å². The summed E-state index contributed by atoms with van der Waals surface area (Å²) in [5.41, 5.74) is 0.778. The lowest BCUT2D eigenvalue weighted by Crippen LogP contribution is -1.84. The molecule has 0 atom stereocenters. The molecule has 3 heteroatoms. The molecule has 2 aromatic rings. The van der Waals surface area contributed by atoms with E-state index in [2.05, 4.69) is 0 Å². The van der Waals surface area contributed by atoms with E-state index in [1.807, 2.05) is 13.8 Å². The van der Waals surface area contributed by atoms with Gasteiger partial charge in [-0.15, -0.1) is 0 Å². The summed E-state index contributed by atoms with van der Waals surface area (Å²) in [5.74, 6) is -1.78. The van der Waals surface area contributed by atoms with Crippen LogP contribution in [0.1, 0.15) is 13.8 Å². The molecule has 0 spiro atoms. The highest BCUT2D eigenvalue weighted by molar-refractivity contribution is 5.63. The van der Waals surface area contributed by atoms with Gasteiger partial charge in [-0.3, -0.25) is 0 Å². The van der Waals surface area contributed by atoms with Gasteiger partial charge in [0.2, 0.25) is 0 Å². The largest absolute Gasteiger partial charge is 0.207 e. The molecule has 0 amide bonds. The lowest BCUT2D eigenvalue weighted by Gasteiger charge is -2.02. The van der Waals surface area contributed by atoms with Gasteiger partial charge in [0.1, 0.15) is 17.5 Å². The molecule has 0 heterocycles. The minimum atomic E-state index is -0.672. The first kappa shape index (κ1) is 13.3. The van der Waals surface area contributed by atoms with E-state index in [-0.39, 0.29) is 0 Å². The SMILES string of the molecule is CC.Fc1cccc(-c2cc(F)cc(F)c2)c1. The van der Waals surface area contributed by atoms with Gasteiger partial charge in [-0.2, -0.15) is 0 Å². The summed E-state index contributed by atoms with van der Waals surface area (Å²) in [4.78, 5) is 0. The predicted octanol–water partition coefficient (Wildman–Crippen LogP) is 4.80. The third kappa shape index (κ3) is 3.63. The number of hydrogen-bond donors (Lipinski definition) is 0. The molecule has 2 aromatic carbocycles. The van der Waals surface area contributed by atoms with Gasteiger partial charge in [-0.25, -0.2) is 13.2 Å². The fourth-order valence-corrected chi connectivity index (χ4v) is 1.39. The molecule has 17 heavy (non-hydrogen) atoms. The second-order valence-electron chi connectivity index (χ2n) is 3.17. The Morgan fingerprint density at radius 3 is 1.71 bits per heavy atom. The number of halogens is 3. The van der Waals surface area contributed by atoms with E-state index < -0.39 is 17.5 Å². The van der Waals surface area contributed by atoms with Crippen molar-refractivity contribution in [3.8, 4) is 11.1 Å². The maximum absolute atomic E-state index is 12.9. The Bertz CT molecular complexity index is 472. The average Bonchev–Trinajstić information content (AvgIpc) is 2.30. The third-order valence-electron chi connectivity index (χ3n) is 2.02. The standard InChI is InChI=1S/C12H7F3.C2H6/c13-10-3-1-2-8(4-10)9-5-11(14)7-12(15)6-9;1-2/h1-7H;1-2H3. The van der Waals surface area contributed by atoms with Gasteiger partial charge in [-0.1, -0.05) is 26.0 Å². The highest BCUT2D eigenvalue weighted by Crippen LogP contribution is 2.22. The van der Waals surface area contributed by atoms with Crippen molar-refractivity contribution in [2.24, 2.45) is 0 Å². The van der Waals surface area contributed by atoms with Gasteiger partial charge in [0.15, 0.2) is 0 Å². The lowest BCUT2D eigenvalue weighted by atomic mass is 10.1. The van der Waals surface area contributed by atoms with Gasteiger partial charge in [0.25, 0.3) is 0 Å². The number of benzene rings is 2. The van der Waals surface area contributed by atoms with Crippen LogP contribution >= 0.6 is 0 Å². The first-order valence-corrected chi connectivity index (χ1v) is 5.37. The molecule has 0 unspecified atom stereocenters. The molecule has 0 N–H and O–H groups in total. The van der Waals surface area contributed by atoms with Gasteiger partial charge in [0.05, 0.1) is 0 Å². The summed E-state index contributed by atoms with van der Waals surface area (Å²) in [7, 11) is 0. The summed E-state index contributed by atoms with van der Waals surface area (Å²) in [6.07, 6.45) is 0. The number of hydrogen-bond acceptors (Lipinski definition) is 0. The van der Waals surface area contributed by atoms with Crippen LogP contribution in [-0.4, -0.2) is 0 Å². The summed E-state index contributed by atoms with van der Waals surface area (Å²) in [6.45, 7) is 4.00. The Labute approximate surface area is 98.7 Å². The predicted molar refractivity (Wildman–Crippen MR) is 63.1 cm³/mol. The molecular weight excluding hydrogens is 225 g/mol. The van der Waals surface area contributed by atoms with E-state index in [9.17, 15) is 13.2 Å². The zero-order valence-corrected chi connectivity index (χ0v) is 9.68. The Hall–Kier alpha value is -1.77. The highest BCUT2D eigenvalue weighted by Gasteiger charge is 2.03. The van der Waals surface area contributed by atoms with Gasteiger partial charge in [0, 0.05) is 6.07 Å². The Morgan fingerprint density at radius 1 is 0.647 bits per heavy atom. The maximum Gasteiger partial charge on any atom is 0.126 e. The molecule has 0 aliphatic heterocycles. The molecular formula is C14H13F3. The third-order valence-corrected chi connectivity index (χ3v) is 2.02. The maximum atomic E-state index is 12.9. The topological polar surface area (TPSA) is 0 Å². The Kier molecular flexibility index (Phi) is 4.76. The van der Waals surface area contributed by atoms with Crippen LogP contribution in [0.2, 0.25) is 0 Å². The average molecular weight is 238 g/mol. The molecule has 2 rings (SSSR count). The molecule has 0 aliphatic carbocycles. The minimum absolute atomic E-state index is 0.326. The summed E-state index contributed by atoms with van der Waals surface area (Å²) in [6, 6.07) is 8.71. The van der Waals surface area contributed by atoms with E-state index in [0.717, 1.165) is 18.2 Å². The molecule has 0 radical (unpaired) electrons. The van der Waals surface area contributed by atoms with Crippen molar-refractivity contribution >= 4 is 0 Å². The quantitative estimate of drug-likeness (QED) is 0.669. The van der Waals surface area contributed by atoms with Crippen LogP contribution in [0.4, 0.5) is 13.2 Å². The van der Waals surface area contributed by atoms with E-state index in [1.165, 1.54) is 18.2 Å². The van der Waals surface area contributed by atoms with Crippen LogP contribution < -0.4 is 0 Å². The normalized spacial score (nSPS) is 9.47. The number of rotatable bonds is 1. The van der Waals surface area contributed by atoms with E-state index >= 15 is 0 Å². The van der Waals surface area contributed by atoms with Crippen LogP contribution in [0.15, 0.2) is 42.5 Å². The lowest BCUT2D eigenvalue weighted by molar-refractivity contribution is 0.584. The monoisotopic (exact) mass is 238 g/mol. The molecule has 0 aromatic heterocycles. The highest BCUT2D eigenvalue weighted by atomic mass is 19.1. The smallest absolute Gasteiger partial charge is 0.126 e. The van der Waals surface area contributed by atoms with Crippen molar-refractivity contribution in [3.05, 3.63) is 59.9 Å². The van der Waals surface area contributed by atoms with Gasteiger partial charge in [-0.05, 0) is 35.4 Å². The molecule has 0 aliphatic rings. The second kappa shape index (κ2) is 6.09. The molecule has 0 fully saturated rings. The van der Waals surface area contributed by atoms with Crippen molar-refractivity contribution in [1.29, 1.82) is 0 Å². The van der Waals surface area contributed by atoms with Crippen molar-refractivity contribution in [2.45, 2.75) is 13.8 Å². The fourth-order valence-electron chi connectivity index (χ4n) is 1.39. The van der Waals surface area contributed by atoms with Crippen LogP contribution in [-0.2, 0) is 0 Å². The molecule has 90 valence electrons. The minimum Gasteiger partial charge on any atom is -0.207 e. The molecule has 0 saturated heterocycles. The Balaban J connectivity index is 0.000000686. The fraction of sp³-hybridized carbons (Fsp3) is 0.143. The van der Waals surface area contributed by atoms with Crippen molar-refractivity contribution in [2.75, 3.05) is 0 Å². The van der Waals surface area contributed by atoms with Crippen molar-refractivity contribution in [3.63, 3.8) is 0 Å². The summed E-state index contributed by atoms with van der Waals surface area (Å²) >= 11 is 0. The van der Waals surface area contributed by atoms with Crippen LogP contribution in [0.3, 0.4) is 0 Å². The van der Waals surface area contributed by atoms with E-state index in [4.69, 9.17) is 0 Å². The first-order valence-electron chi connectivity index (χ1n) is 5.37. The first-order chi connectivity index (χ1) is 8.15. The molecule has 0 saturated carbocycles. The van der Waals surface area contributed by atoms with Gasteiger partial charge >= 0.3 is 0 Å². The summed E-state index contributed by atoms with van der Waals surface area (Å²) in [5, 5.41) is 0. The summed E-state index contributed by atoms with van der Waals surface area (Å²) < 4.78 is 38.6. The zero-order chi connectivity index (χ0) is 12.8.